The number of aliphatic imine (C=N–C) groups is 1. The molecular formula is C19H20ClF6N3O. The third-order valence-corrected chi connectivity index (χ3v) is 4.44. The van der Waals surface area contributed by atoms with Gasteiger partial charge in [0.05, 0.1) is 17.8 Å². The number of nitrogens with zero attached hydrogens (tertiary/aromatic N) is 1. The molecule has 11 heteroatoms. The van der Waals surface area contributed by atoms with Crippen LogP contribution in [-0.2, 0) is 10.9 Å². The molecule has 1 saturated heterocycles. The summed E-state index contributed by atoms with van der Waals surface area (Å²) in [6, 6.07) is 4.70. The Hall–Kier alpha value is -2.20. The number of ether oxygens (including phenoxy) is 1. The summed E-state index contributed by atoms with van der Waals surface area (Å²) >= 11 is 5.54. The van der Waals surface area contributed by atoms with Gasteiger partial charge in [-0.2, -0.15) is 26.3 Å². The van der Waals surface area contributed by atoms with Crippen molar-refractivity contribution in [2.24, 2.45) is 10.7 Å². The number of amidine groups is 1. The molecule has 4 nitrogen and oxygen atoms in total. The molecule has 1 aliphatic heterocycles. The second-order valence-corrected chi connectivity index (χ2v) is 7.09. The van der Waals surface area contributed by atoms with Crippen molar-refractivity contribution in [2.75, 3.05) is 6.54 Å². The van der Waals surface area contributed by atoms with E-state index in [1.54, 1.807) is 0 Å². The van der Waals surface area contributed by atoms with Gasteiger partial charge in [-0.25, -0.2) is 4.99 Å². The summed E-state index contributed by atoms with van der Waals surface area (Å²) in [4.78, 5) is 3.37. The van der Waals surface area contributed by atoms with E-state index in [2.05, 4.69) is 16.9 Å². The molecule has 1 aromatic rings. The first-order chi connectivity index (χ1) is 13.9. The molecule has 0 unspecified atom stereocenters. The summed E-state index contributed by atoms with van der Waals surface area (Å²) in [5.74, 6) is -0.231. The molecule has 1 aromatic carbocycles. The highest BCUT2D eigenvalue weighted by atomic mass is 35.5. The molecule has 0 aliphatic carbocycles. The second-order valence-electron chi connectivity index (χ2n) is 6.65. The number of hydrogen-bond donors (Lipinski definition) is 2. The van der Waals surface area contributed by atoms with E-state index in [-0.39, 0.29) is 17.5 Å². The Labute approximate surface area is 174 Å². The highest BCUT2D eigenvalue weighted by molar-refractivity contribution is 6.30. The summed E-state index contributed by atoms with van der Waals surface area (Å²) in [7, 11) is 0. The molecule has 0 amide bonds. The van der Waals surface area contributed by atoms with Crippen LogP contribution in [0.3, 0.4) is 0 Å². The number of halogens is 7. The van der Waals surface area contributed by atoms with E-state index < -0.39 is 35.8 Å². The van der Waals surface area contributed by atoms with Crippen molar-refractivity contribution in [1.29, 1.82) is 0 Å². The average Bonchev–Trinajstić information content (AvgIpc) is 2.64. The molecular weight excluding hydrogens is 436 g/mol. The molecule has 30 heavy (non-hydrogen) atoms. The van der Waals surface area contributed by atoms with Gasteiger partial charge in [-0.05, 0) is 37.0 Å². The topological polar surface area (TPSA) is 59.6 Å². The SMILES string of the molecule is C=C(/N=C(\C=C(/N)Cl)NC[C@H]1CCC[C@@H](c2ccc(C(F)(F)F)cc2)O1)C(F)(F)F. The zero-order chi connectivity index (χ0) is 22.5. The Kier molecular flexibility index (Phi) is 7.81. The van der Waals surface area contributed by atoms with Crippen LogP contribution in [-0.4, -0.2) is 24.7 Å². The third kappa shape index (κ3) is 7.24. The Morgan fingerprint density at radius 2 is 1.83 bits per heavy atom. The number of rotatable bonds is 5. The van der Waals surface area contributed by atoms with Crippen LogP contribution in [0.1, 0.15) is 36.5 Å². The minimum absolute atomic E-state index is 0.0990. The molecule has 0 radical (unpaired) electrons. The van der Waals surface area contributed by atoms with Gasteiger partial charge in [-0.1, -0.05) is 30.3 Å². The summed E-state index contributed by atoms with van der Waals surface area (Å²) in [5.41, 5.74) is 3.82. The van der Waals surface area contributed by atoms with Gasteiger partial charge in [0.2, 0.25) is 0 Å². The molecule has 3 N–H and O–H groups in total. The summed E-state index contributed by atoms with van der Waals surface area (Å²) < 4.78 is 82.0. The smallest absolute Gasteiger partial charge is 0.389 e. The molecule has 0 spiro atoms. The third-order valence-electron chi connectivity index (χ3n) is 4.33. The van der Waals surface area contributed by atoms with Gasteiger partial charge in [0, 0.05) is 12.6 Å². The number of alkyl halides is 6. The molecule has 166 valence electrons. The Bertz CT molecular complexity index is 798. The molecule has 0 bridgehead atoms. The minimum Gasteiger partial charge on any atom is -0.389 e. The predicted molar refractivity (Wildman–Crippen MR) is 102 cm³/mol. The van der Waals surface area contributed by atoms with Crippen molar-refractivity contribution >= 4 is 17.4 Å². The van der Waals surface area contributed by atoms with E-state index in [4.69, 9.17) is 22.1 Å². The van der Waals surface area contributed by atoms with Crippen LogP contribution in [0.25, 0.3) is 0 Å². The molecule has 0 saturated carbocycles. The van der Waals surface area contributed by atoms with Crippen LogP contribution >= 0.6 is 11.6 Å². The fourth-order valence-electron chi connectivity index (χ4n) is 2.86. The maximum Gasteiger partial charge on any atom is 0.432 e. The van der Waals surface area contributed by atoms with Crippen LogP contribution in [0.2, 0.25) is 0 Å². The van der Waals surface area contributed by atoms with Crippen molar-refractivity contribution in [2.45, 2.75) is 43.8 Å². The molecule has 2 atom stereocenters. The highest BCUT2D eigenvalue weighted by Crippen LogP contribution is 2.34. The first kappa shape index (κ1) is 24.1. The lowest BCUT2D eigenvalue weighted by molar-refractivity contribution is -0.137. The van der Waals surface area contributed by atoms with E-state index in [1.807, 2.05) is 0 Å². The summed E-state index contributed by atoms with van der Waals surface area (Å²) in [6.07, 6.45) is -6.99. The summed E-state index contributed by atoms with van der Waals surface area (Å²) in [6.45, 7) is 2.97. The second kappa shape index (κ2) is 9.74. The lowest BCUT2D eigenvalue weighted by Gasteiger charge is -2.31. The van der Waals surface area contributed by atoms with Gasteiger partial charge in [-0.15, -0.1) is 0 Å². The molecule has 1 heterocycles. The van der Waals surface area contributed by atoms with Gasteiger partial charge in [-0.3, -0.25) is 0 Å². The normalized spacial score (nSPS) is 21.4. The standard InChI is InChI=1S/C19H20ClF6N3O/c1-11(18(21,22)23)29-17(9-16(20)27)28-10-14-3-2-4-15(30-14)12-5-7-13(8-6-12)19(24,25)26/h5-9,14-15H,1-4,10,27H2,(H,28,29)/b16-9-/t14-,15+/m1/s1. The van der Waals surface area contributed by atoms with Gasteiger partial charge in [0.25, 0.3) is 0 Å². The van der Waals surface area contributed by atoms with Crippen LogP contribution in [0.5, 0.6) is 0 Å². The maximum absolute atomic E-state index is 12.7. The fraction of sp³-hybridized carbons (Fsp3) is 0.421. The maximum atomic E-state index is 12.7. The van der Waals surface area contributed by atoms with Crippen molar-refractivity contribution in [1.82, 2.24) is 5.32 Å². The molecule has 1 aliphatic rings. The fourth-order valence-corrected chi connectivity index (χ4v) is 2.97. The van der Waals surface area contributed by atoms with Crippen LogP contribution in [0.15, 0.2) is 52.8 Å². The van der Waals surface area contributed by atoms with E-state index in [1.165, 1.54) is 12.1 Å². The zero-order valence-corrected chi connectivity index (χ0v) is 16.4. The van der Waals surface area contributed by atoms with Gasteiger partial charge in [0.1, 0.15) is 16.7 Å². The van der Waals surface area contributed by atoms with Gasteiger partial charge < -0.3 is 15.8 Å². The van der Waals surface area contributed by atoms with Gasteiger partial charge >= 0.3 is 12.4 Å². The zero-order valence-electron chi connectivity index (χ0n) is 15.7. The first-order valence-electron chi connectivity index (χ1n) is 8.90. The van der Waals surface area contributed by atoms with Crippen molar-refractivity contribution in [3.8, 4) is 0 Å². The van der Waals surface area contributed by atoms with E-state index in [9.17, 15) is 26.3 Å². The molecule has 2 rings (SSSR count). The van der Waals surface area contributed by atoms with Crippen molar-refractivity contribution in [3.05, 3.63) is 58.9 Å². The van der Waals surface area contributed by atoms with Crippen LogP contribution in [0.4, 0.5) is 26.3 Å². The summed E-state index contributed by atoms with van der Waals surface area (Å²) in [5, 5.41) is 2.42. The van der Waals surface area contributed by atoms with Crippen molar-refractivity contribution < 1.29 is 31.1 Å². The molecule has 0 aromatic heterocycles. The Balaban J connectivity index is 2.03. The Morgan fingerprint density at radius 1 is 1.20 bits per heavy atom. The lowest BCUT2D eigenvalue weighted by Crippen LogP contribution is -2.36. The quantitative estimate of drug-likeness (QED) is 0.270. The predicted octanol–water partition coefficient (Wildman–Crippen LogP) is 5.42. The van der Waals surface area contributed by atoms with Gasteiger partial charge in [0.15, 0.2) is 0 Å². The monoisotopic (exact) mass is 455 g/mol. The van der Waals surface area contributed by atoms with E-state index in [0.29, 0.717) is 18.4 Å². The number of nitrogens with two attached hydrogens (primary N) is 1. The number of allylic oxidation sites excluding steroid dienone is 1. The number of nitrogens with one attached hydrogen (secondary N) is 1. The largest absolute Gasteiger partial charge is 0.432 e. The highest BCUT2D eigenvalue weighted by Gasteiger charge is 2.33. The number of hydrogen-bond acceptors (Lipinski definition) is 3. The molecule has 1 fully saturated rings. The average molecular weight is 456 g/mol. The Morgan fingerprint density at radius 3 is 2.37 bits per heavy atom. The number of benzene rings is 1. The van der Waals surface area contributed by atoms with E-state index in [0.717, 1.165) is 24.6 Å². The van der Waals surface area contributed by atoms with Crippen LogP contribution < -0.4 is 11.1 Å². The first-order valence-corrected chi connectivity index (χ1v) is 9.28. The lowest BCUT2D eigenvalue weighted by atomic mass is 9.97. The van der Waals surface area contributed by atoms with E-state index >= 15 is 0 Å². The minimum atomic E-state index is -4.71. The van der Waals surface area contributed by atoms with Crippen molar-refractivity contribution in [3.63, 3.8) is 0 Å². The van der Waals surface area contributed by atoms with Crippen LogP contribution in [0, 0.1) is 0 Å².